The predicted molar refractivity (Wildman–Crippen MR) is 51.1 cm³/mol. The third-order valence-corrected chi connectivity index (χ3v) is 2.36. The molecule has 0 aromatic carbocycles. The van der Waals surface area contributed by atoms with E-state index in [9.17, 15) is 0 Å². The largest absolute Gasteiger partial charge is 0.322 e. The Morgan fingerprint density at radius 1 is 1.38 bits per heavy atom. The van der Waals surface area contributed by atoms with Crippen molar-refractivity contribution in [2.45, 2.75) is 26.2 Å². The Balaban J connectivity index is 2.62. The van der Waals surface area contributed by atoms with Gasteiger partial charge in [0.25, 0.3) is 0 Å². The summed E-state index contributed by atoms with van der Waals surface area (Å²) in [7, 11) is 0. The first kappa shape index (κ1) is 8.42. The maximum absolute atomic E-state index is 4.38. The van der Waals surface area contributed by atoms with Crippen molar-refractivity contribution in [2.24, 2.45) is 4.99 Å². The number of rotatable bonds is 0. The summed E-state index contributed by atoms with van der Waals surface area (Å²) in [6.07, 6.45) is 4.17. The van der Waals surface area contributed by atoms with Crippen molar-refractivity contribution in [2.75, 3.05) is 6.54 Å². The van der Waals surface area contributed by atoms with Gasteiger partial charge in [0.15, 0.2) is 6.54 Å². The summed E-state index contributed by atoms with van der Waals surface area (Å²) < 4.78 is 2.08. The molecule has 1 aromatic heterocycles. The zero-order chi connectivity index (χ0) is 9.47. The number of hydrogen-bond acceptors (Lipinski definition) is 1. The molecule has 0 aliphatic carbocycles. The van der Waals surface area contributed by atoms with E-state index >= 15 is 0 Å². The standard InChI is InChI=1S/C11H15N2/c1-11(2,3)9-4-6-13-7-5-12-10(13)8-9/h4,6-8H,5H2,1-3H3/q+1. The molecule has 2 rings (SSSR count). The highest BCUT2D eigenvalue weighted by molar-refractivity contribution is 5.17. The van der Waals surface area contributed by atoms with Crippen LogP contribution in [0, 0.1) is 6.21 Å². The lowest BCUT2D eigenvalue weighted by Crippen LogP contribution is -2.35. The SMILES string of the molecule is CC(C)(C)c1cc[n+]2c(c1)=NCC=2. The van der Waals surface area contributed by atoms with Gasteiger partial charge in [-0.15, -0.1) is 0 Å². The van der Waals surface area contributed by atoms with Gasteiger partial charge < -0.3 is 0 Å². The molecule has 2 heteroatoms. The highest BCUT2D eigenvalue weighted by atomic mass is 15.0. The molecule has 1 aromatic rings. The van der Waals surface area contributed by atoms with Crippen molar-refractivity contribution in [3.05, 3.63) is 35.6 Å². The van der Waals surface area contributed by atoms with E-state index in [2.05, 4.69) is 54.6 Å². The molecular weight excluding hydrogens is 160 g/mol. The van der Waals surface area contributed by atoms with Crippen molar-refractivity contribution >= 4 is 0 Å². The molecule has 2 heterocycles. The zero-order valence-electron chi connectivity index (χ0n) is 8.41. The minimum atomic E-state index is 0.216. The summed E-state index contributed by atoms with van der Waals surface area (Å²) in [6, 6.07) is 4.34. The monoisotopic (exact) mass is 175 g/mol. The van der Waals surface area contributed by atoms with E-state index in [0.29, 0.717) is 0 Å². The Kier molecular flexibility index (Phi) is 1.72. The van der Waals surface area contributed by atoms with Crippen molar-refractivity contribution in [1.29, 1.82) is 0 Å². The summed E-state index contributed by atoms with van der Waals surface area (Å²) in [5, 5.41) is 0. The second-order valence-electron chi connectivity index (χ2n) is 4.45. The van der Waals surface area contributed by atoms with Crippen LogP contribution in [-0.4, -0.2) is 6.54 Å². The van der Waals surface area contributed by atoms with Gasteiger partial charge in [-0.2, -0.15) is 0 Å². The average molecular weight is 175 g/mol. The van der Waals surface area contributed by atoms with E-state index in [1.807, 2.05) is 0 Å². The fraction of sp³-hybridized carbons (Fsp3) is 0.455. The second-order valence-corrected chi connectivity index (χ2v) is 4.45. The Morgan fingerprint density at radius 2 is 2.15 bits per heavy atom. The molecule has 13 heavy (non-hydrogen) atoms. The molecule has 0 spiro atoms. The van der Waals surface area contributed by atoms with Gasteiger partial charge >= 0.3 is 5.49 Å². The molecule has 0 unspecified atom stereocenters. The van der Waals surface area contributed by atoms with Crippen LogP contribution in [0.3, 0.4) is 0 Å². The van der Waals surface area contributed by atoms with Crippen LogP contribution in [0.1, 0.15) is 26.3 Å². The van der Waals surface area contributed by atoms with Gasteiger partial charge in [0, 0.05) is 6.07 Å². The summed E-state index contributed by atoms with van der Waals surface area (Å²) in [5.74, 6) is 0. The molecule has 0 atom stereocenters. The summed E-state index contributed by atoms with van der Waals surface area (Å²) >= 11 is 0. The maximum Gasteiger partial charge on any atom is 0.322 e. The third kappa shape index (κ3) is 1.48. The van der Waals surface area contributed by atoms with Crippen LogP contribution in [0.5, 0.6) is 0 Å². The minimum absolute atomic E-state index is 0.216. The molecular formula is C11H15N2+. The van der Waals surface area contributed by atoms with Crippen LogP contribution in [0.4, 0.5) is 0 Å². The fourth-order valence-corrected chi connectivity index (χ4v) is 1.47. The maximum atomic E-state index is 4.38. The summed E-state index contributed by atoms with van der Waals surface area (Å²) in [4.78, 5) is 4.38. The Bertz CT molecular complexity index is 438. The quantitative estimate of drug-likeness (QED) is 0.522. The molecule has 0 saturated carbocycles. The zero-order valence-corrected chi connectivity index (χ0v) is 8.41. The highest BCUT2D eigenvalue weighted by Crippen LogP contribution is 2.19. The second kappa shape index (κ2) is 2.66. The van der Waals surface area contributed by atoms with E-state index in [4.69, 9.17) is 0 Å². The molecule has 0 N–H and O–H groups in total. The van der Waals surface area contributed by atoms with E-state index in [1.165, 1.54) is 5.56 Å². The Hall–Kier alpha value is -1.18. The first-order valence-electron chi connectivity index (χ1n) is 4.64. The van der Waals surface area contributed by atoms with Gasteiger partial charge in [0.2, 0.25) is 0 Å². The molecule has 0 saturated heterocycles. The minimum Gasteiger partial charge on any atom is -0.203 e. The van der Waals surface area contributed by atoms with E-state index in [-0.39, 0.29) is 5.41 Å². The molecule has 2 nitrogen and oxygen atoms in total. The van der Waals surface area contributed by atoms with Gasteiger partial charge in [-0.1, -0.05) is 25.8 Å². The van der Waals surface area contributed by atoms with E-state index < -0.39 is 0 Å². The molecule has 0 amide bonds. The van der Waals surface area contributed by atoms with Gasteiger partial charge in [0.05, 0.1) is 6.20 Å². The molecule has 0 bridgehead atoms. The first-order valence-corrected chi connectivity index (χ1v) is 4.64. The van der Waals surface area contributed by atoms with Gasteiger partial charge in [-0.05, 0) is 17.0 Å². The normalized spacial score (nSPS) is 14.7. The van der Waals surface area contributed by atoms with Crippen LogP contribution in [0.2, 0.25) is 0 Å². The number of fused-ring (bicyclic) bond motifs is 1. The lowest BCUT2D eigenvalue weighted by molar-refractivity contribution is -0.522. The highest BCUT2D eigenvalue weighted by Gasteiger charge is 2.16. The van der Waals surface area contributed by atoms with Crippen molar-refractivity contribution in [1.82, 2.24) is 0 Å². The van der Waals surface area contributed by atoms with Crippen LogP contribution in [0.15, 0.2) is 23.3 Å². The topological polar surface area (TPSA) is 18.3 Å². The summed E-state index contributed by atoms with van der Waals surface area (Å²) in [5.41, 5.74) is 2.64. The number of hydrogen-bond donors (Lipinski definition) is 0. The first-order chi connectivity index (χ1) is 6.07. The van der Waals surface area contributed by atoms with Crippen molar-refractivity contribution < 1.29 is 4.24 Å². The molecule has 0 radical (unpaired) electrons. The van der Waals surface area contributed by atoms with Crippen molar-refractivity contribution in [3.63, 3.8) is 0 Å². The lowest BCUT2D eigenvalue weighted by Gasteiger charge is -2.17. The van der Waals surface area contributed by atoms with Gasteiger partial charge in [-0.3, -0.25) is 0 Å². The van der Waals surface area contributed by atoms with Crippen LogP contribution in [0.25, 0.3) is 0 Å². The van der Waals surface area contributed by atoms with Crippen LogP contribution < -0.4 is 9.73 Å². The lowest BCUT2D eigenvalue weighted by atomic mass is 9.88. The number of pyridine rings is 1. The van der Waals surface area contributed by atoms with E-state index in [1.54, 1.807) is 0 Å². The Morgan fingerprint density at radius 3 is 2.85 bits per heavy atom. The summed E-state index contributed by atoms with van der Waals surface area (Å²) in [6.45, 7) is 7.47. The van der Waals surface area contributed by atoms with Crippen LogP contribution >= 0.6 is 0 Å². The molecule has 1 aliphatic heterocycles. The Labute approximate surface area is 78.3 Å². The van der Waals surface area contributed by atoms with E-state index in [0.717, 1.165) is 12.0 Å². The fourth-order valence-electron chi connectivity index (χ4n) is 1.47. The third-order valence-electron chi connectivity index (χ3n) is 2.36. The van der Waals surface area contributed by atoms with Crippen LogP contribution in [-0.2, 0) is 5.41 Å². The van der Waals surface area contributed by atoms with Gasteiger partial charge in [0.1, 0.15) is 6.21 Å². The van der Waals surface area contributed by atoms with Crippen molar-refractivity contribution in [3.8, 4) is 0 Å². The predicted octanol–water partition coefficient (Wildman–Crippen LogP) is 0.915. The smallest absolute Gasteiger partial charge is 0.203 e. The molecule has 1 aliphatic rings. The van der Waals surface area contributed by atoms with Gasteiger partial charge in [-0.25, -0.2) is 4.24 Å². The average Bonchev–Trinajstić information content (AvgIpc) is 2.47. The molecule has 0 fully saturated rings. The molecule has 68 valence electrons. The number of nitrogens with zero attached hydrogens (tertiary/aromatic N) is 2. The number of aromatic nitrogens is 1.